The molecule has 0 amide bonds. The summed E-state index contributed by atoms with van der Waals surface area (Å²) in [6.45, 7) is 0. The third-order valence-electron chi connectivity index (χ3n) is 5.97. The van der Waals surface area contributed by atoms with Crippen molar-refractivity contribution in [2.45, 2.75) is 50.3 Å². The van der Waals surface area contributed by atoms with Gasteiger partial charge in [-0.2, -0.15) is 0 Å². The largest absolute Gasteiger partial charge is 0.473 e. The highest BCUT2D eigenvalue weighted by atomic mass is 32.1. The number of piperidine rings is 2. The molecule has 2 bridgehead atoms. The number of rotatable bonds is 3. The monoisotopic (exact) mass is 365 g/mol. The minimum atomic E-state index is 0.267. The van der Waals surface area contributed by atoms with E-state index in [2.05, 4.69) is 51.8 Å². The number of ether oxygens (including phenoxy) is 1. The molecule has 0 saturated carbocycles. The van der Waals surface area contributed by atoms with Crippen LogP contribution < -0.4 is 4.74 Å². The Morgan fingerprint density at radius 2 is 1.88 bits per heavy atom. The minimum Gasteiger partial charge on any atom is -0.473 e. The van der Waals surface area contributed by atoms with Gasteiger partial charge < -0.3 is 9.64 Å². The predicted molar refractivity (Wildman–Crippen MR) is 106 cm³/mol. The average molecular weight is 366 g/mol. The molecule has 2 aromatic heterocycles. The lowest BCUT2D eigenvalue weighted by molar-refractivity contribution is -0.00174. The summed E-state index contributed by atoms with van der Waals surface area (Å²) in [5.74, 6) is 0.651. The third-order valence-corrected chi connectivity index (χ3v) is 6.87. The average Bonchev–Trinajstić information content (AvgIpc) is 3.11. The number of hydrogen-bond acceptors (Lipinski definition) is 5. The molecule has 5 heteroatoms. The molecule has 1 aromatic carbocycles. The van der Waals surface area contributed by atoms with Crippen LogP contribution in [0.15, 0.2) is 41.8 Å². The molecule has 4 nitrogen and oxygen atoms in total. The molecule has 0 unspecified atom stereocenters. The fourth-order valence-corrected chi connectivity index (χ4v) is 5.27. The van der Waals surface area contributed by atoms with Crippen molar-refractivity contribution in [1.82, 2.24) is 15.1 Å². The van der Waals surface area contributed by atoms with Crippen molar-refractivity contribution in [2.24, 2.45) is 0 Å². The van der Waals surface area contributed by atoms with E-state index in [-0.39, 0.29) is 6.10 Å². The fourth-order valence-electron chi connectivity index (χ4n) is 4.50. The van der Waals surface area contributed by atoms with Crippen molar-refractivity contribution >= 4 is 21.4 Å². The summed E-state index contributed by atoms with van der Waals surface area (Å²) >= 11 is 1.76. The first kappa shape index (κ1) is 16.2. The zero-order chi connectivity index (χ0) is 17.5. The Morgan fingerprint density at radius 3 is 2.65 bits per heavy atom. The number of hydrogen-bond donors (Lipinski definition) is 0. The molecule has 26 heavy (non-hydrogen) atoms. The summed E-state index contributed by atoms with van der Waals surface area (Å²) in [4.78, 5) is 2.55. The number of benzene rings is 1. The predicted octanol–water partition coefficient (Wildman–Crippen LogP) is 4.75. The number of thiophene rings is 1. The first-order valence-corrected chi connectivity index (χ1v) is 10.3. The number of fused-ring (bicyclic) bond motifs is 3. The number of aromatic nitrogens is 2. The highest BCUT2D eigenvalue weighted by Crippen LogP contribution is 2.34. The lowest BCUT2D eigenvalue weighted by atomic mass is 9.83. The normalized spacial score (nSPS) is 26.1. The van der Waals surface area contributed by atoms with Crippen LogP contribution in [-0.4, -0.2) is 40.3 Å². The van der Waals surface area contributed by atoms with E-state index in [4.69, 9.17) is 4.74 Å². The topological polar surface area (TPSA) is 38.2 Å². The van der Waals surface area contributed by atoms with Gasteiger partial charge in [0.25, 0.3) is 0 Å². The third kappa shape index (κ3) is 2.99. The second-order valence-corrected chi connectivity index (χ2v) is 8.49. The zero-order valence-corrected chi connectivity index (χ0v) is 15.8. The van der Waals surface area contributed by atoms with Crippen molar-refractivity contribution < 1.29 is 4.74 Å². The van der Waals surface area contributed by atoms with Gasteiger partial charge in [-0.15, -0.1) is 21.5 Å². The molecule has 2 fully saturated rings. The van der Waals surface area contributed by atoms with Crippen molar-refractivity contribution in [3.8, 4) is 17.1 Å². The maximum Gasteiger partial charge on any atom is 0.233 e. The van der Waals surface area contributed by atoms with Gasteiger partial charge in [0.05, 0.1) is 5.69 Å². The second-order valence-electron chi connectivity index (χ2n) is 7.55. The van der Waals surface area contributed by atoms with Crippen LogP contribution in [-0.2, 0) is 0 Å². The summed E-state index contributed by atoms with van der Waals surface area (Å²) in [5.41, 5.74) is 1.99. The molecular weight excluding hydrogens is 342 g/mol. The van der Waals surface area contributed by atoms with Crippen LogP contribution in [0.4, 0.5) is 0 Å². The molecular formula is C21H23N3OS. The van der Waals surface area contributed by atoms with Gasteiger partial charge in [0.2, 0.25) is 5.88 Å². The van der Waals surface area contributed by atoms with Crippen LogP contribution in [0.3, 0.4) is 0 Å². The highest BCUT2D eigenvalue weighted by Gasteiger charge is 2.37. The Bertz CT molecular complexity index is 893. The molecule has 0 N–H and O–H groups in total. The van der Waals surface area contributed by atoms with E-state index in [1.54, 1.807) is 11.3 Å². The van der Waals surface area contributed by atoms with Crippen LogP contribution in [0.1, 0.15) is 32.1 Å². The Balaban J connectivity index is 1.30. The Hall–Kier alpha value is -1.98. The van der Waals surface area contributed by atoms with Crippen LogP contribution >= 0.6 is 11.3 Å². The van der Waals surface area contributed by atoms with E-state index >= 15 is 0 Å². The first-order chi connectivity index (χ1) is 12.8. The Morgan fingerprint density at radius 1 is 1.04 bits per heavy atom. The van der Waals surface area contributed by atoms with Gasteiger partial charge in [-0.25, -0.2) is 0 Å². The minimum absolute atomic E-state index is 0.267. The van der Waals surface area contributed by atoms with E-state index in [9.17, 15) is 0 Å². The highest BCUT2D eigenvalue weighted by molar-refractivity contribution is 7.17. The van der Waals surface area contributed by atoms with Crippen molar-refractivity contribution in [3.63, 3.8) is 0 Å². The quantitative estimate of drug-likeness (QED) is 0.671. The molecule has 134 valence electrons. The lowest BCUT2D eigenvalue weighted by Gasteiger charge is -2.46. The summed E-state index contributed by atoms with van der Waals surface area (Å²) in [5, 5.41) is 12.1. The first-order valence-electron chi connectivity index (χ1n) is 9.46. The van der Waals surface area contributed by atoms with Gasteiger partial charge >= 0.3 is 0 Å². The number of nitrogens with zero attached hydrogens (tertiary/aromatic N) is 3. The molecule has 0 spiro atoms. The van der Waals surface area contributed by atoms with Crippen LogP contribution in [0, 0.1) is 0 Å². The van der Waals surface area contributed by atoms with Crippen LogP contribution in [0.5, 0.6) is 5.88 Å². The molecule has 5 rings (SSSR count). The summed E-state index contributed by atoms with van der Waals surface area (Å²) in [7, 11) is 2.27. The van der Waals surface area contributed by atoms with E-state index in [0.717, 1.165) is 24.1 Å². The molecule has 2 saturated heterocycles. The van der Waals surface area contributed by atoms with Gasteiger partial charge in [0, 0.05) is 28.4 Å². The Labute approximate surface area is 157 Å². The standard InChI is InChI=1S/C21H23N3OS/c1-24-16-3-2-4-17(24)13-18(12-16)25-21-8-6-19(22-23-21)14-5-7-20-15(11-14)9-10-26-20/h5-11,16-18H,2-4,12-13H2,1H3/t16-,17+,18+. The maximum atomic E-state index is 6.19. The van der Waals surface area contributed by atoms with Gasteiger partial charge in [-0.3, -0.25) is 0 Å². The second kappa shape index (κ2) is 6.63. The summed E-state index contributed by atoms with van der Waals surface area (Å²) in [6.07, 6.45) is 6.42. The van der Waals surface area contributed by atoms with Crippen molar-refractivity contribution in [2.75, 3.05) is 7.05 Å². The van der Waals surface area contributed by atoms with Crippen molar-refractivity contribution in [3.05, 3.63) is 41.8 Å². The van der Waals surface area contributed by atoms with Gasteiger partial charge in [-0.05, 0) is 67.8 Å². The van der Waals surface area contributed by atoms with Gasteiger partial charge in [0.1, 0.15) is 6.10 Å². The van der Waals surface area contributed by atoms with E-state index < -0.39 is 0 Å². The van der Waals surface area contributed by atoms with E-state index in [1.807, 2.05) is 12.1 Å². The SMILES string of the molecule is CN1[C@@H]2CCC[C@H]1C[C@@H](Oc1ccc(-c3ccc4sccc4c3)nn1)C2. The smallest absolute Gasteiger partial charge is 0.233 e. The van der Waals surface area contributed by atoms with E-state index in [0.29, 0.717) is 18.0 Å². The van der Waals surface area contributed by atoms with Gasteiger partial charge in [0.15, 0.2) is 0 Å². The van der Waals surface area contributed by atoms with Crippen molar-refractivity contribution in [1.29, 1.82) is 0 Å². The molecule has 3 aromatic rings. The summed E-state index contributed by atoms with van der Waals surface area (Å²) in [6, 6.07) is 13.9. The molecule has 0 radical (unpaired) electrons. The van der Waals surface area contributed by atoms with Crippen LogP contribution in [0.2, 0.25) is 0 Å². The Kier molecular flexibility index (Phi) is 4.14. The molecule has 4 heterocycles. The molecule has 2 aliphatic rings. The molecule has 3 atom stereocenters. The zero-order valence-electron chi connectivity index (χ0n) is 15.0. The van der Waals surface area contributed by atoms with Gasteiger partial charge in [-0.1, -0.05) is 12.5 Å². The summed E-state index contributed by atoms with van der Waals surface area (Å²) < 4.78 is 7.49. The fraction of sp³-hybridized carbons (Fsp3) is 0.429. The lowest BCUT2D eigenvalue weighted by Crippen LogP contribution is -2.52. The molecule has 0 aliphatic carbocycles. The van der Waals surface area contributed by atoms with Crippen LogP contribution in [0.25, 0.3) is 21.3 Å². The van der Waals surface area contributed by atoms with E-state index in [1.165, 1.54) is 29.3 Å². The molecule has 2 aliphatic heterocycles. The maximum absolute atomic E-state index is 6.19.